The summed E-state index contributed by atoms with van der Waals surface area (Å²) in [6, 6.07) is 0. The van der Waals surface area contributed by atoms with Crippen LogP contribution in [-0.4, -0.2) is 22.7 Å². The zero-order valence-corrected chi connectivity index (χ0v) is 15.4. The van der Waals surface area contributed by atoms with Crippen LogP contribution in [0.4, 0.5) is 22.0 Å². The fourth-order valence-electron chi connectivity index (χ4n) is 2.43. The van der Waals surface area contributed by atoms with Crippen molar-refractivity contribution in [3.05, 3.63) is 29.1 Å². The number of unbranched alkanes of at least 4 members (excludes halogenated alkanes) is 1. The van der Waals surface area contributed by atoms with Gasteiger partial charge in [0.25, 0.3) is 0 Å². The SMILES string of the molecule is CCC(CC)(CCCCOc1c(F)c(F)c(F)c(F)c1F)O[SiH3]. The zero-order valence-electron chi connectivity index (χ0n) is 13.4. The van der Waals surface area contributed by atoms with Crippen molar-refractivity contribution < 1.29 is 31.1 Å². The Morgan fingerprint density at radius 3 is 1.74 bits per heavy atom. The lowest BCUT2D eigenvalue weighted by Crippen LogP contribution is -2.30. The van der Waals surface area contributed by atoms with E-state index in [0.29, 0.717) is 23.3 Å². The first kappa shape index (κ1) is 19.9. The molecule has 1 aromatic rings. The van der Waals surface area contributed by atoms with Crippen LogP contribution in [-0.2, 0) is 4.43 Å². The molecule has 0 unspecified atom stereocenters. The highest BCUT2D eigenvalue weighted by atomic mass is 28.2. The molecule has 0 N–H and O–H groups in total. The van der Waals surface area contributed by atoms with Crippen molar-refractivity contribution in [2.24, 2.45) is 0 Å². The lowest BCUT2D eigenvalue weighted by Gasteiger charge is -2.31. The Bertz CT molecular complexity index is 498. The summed E-state index contributed by atoms with van der Waals surface area (Å²) in [5, 5.41) is 0. The minimum absolute atomic E-state index is 0.136. The molecule has 0 radical (unpaired) electrons. The molecule has 0 aliphatic rings. The van der Waals surface area contributed by atoms with Gasteiger partial charge in [-0.05, 0) is 32.1 Å². The first-order chi connectivity index (χ1) is 10.8. The lowest BCUT2D eigenvalue weighted by molar-refractivity contribution is 0.0572. The van der Waals surface area contributed by atoms with E-state index >= 15 is 0 Å². The molecule has 0 saturated carbocycles. The minimum atomic E-state index is -2.19. The second-order valence-corrected chi connectivity index (χ2v) is 5.71. The molecule has 0 heterocycles. The highest BCUT2D eigenvalue weighted by Crippen LogP contribution is 2.30. The normalized spacial score (nSPS) is 12.0. The van der Waals surface area contributed by atoms with Gasteiger partial charge >= 0.3 is 0 Å². The Hall–Kier alpha value is -1.15. The van der Waals surface area contributed by atoms with Crippen molar-refractivity contribution in [3.63, 3.8) is 0 Å². The van der Waals surface area contributed by atoms with Gasteiger partial charge in [0.05, 0.1) is 12.2 Å². The van der Waals surface area contributed by atoms with Crippen molar-refractivity contribution in [2.75, 3.05) is 6.61 Å². The highest BCUT2D eigenvalue weighted by Gasteiger charge is 2.27. The lowest BCUT2D eigenvalue weighted by atomic mass is 9.91. The van der Waals surface area contributed by atoms with Crippen LogP contribution in [0.1, 0.15) is 46.0 Å². The van der Waals surface area contributed by atoms with Gasteiger partial charge in [-0.15, -0.1) is 0 Å². The van der Waals surface area contributed by atoms with E-state index in [4.69, 9.17) is 9.16 Å². The van der Waals surface area contributed by atoms with Crippen LogP contribution in [0.25, 0.3) is 0 Å². The summed E-state index contributed by atoms with van der Waals surface area (Å²) in [7, 11) is 0.610. The van der Waals surface area contributed by atoms with Crippen molar-refractivity contribution in [1.29, 1.82) is 0 Å². The first-order valence-corrected chi connectivity index (χ1v) is 8.34. The van der Waals surface area contributed by atoms with Gasteiger partial charge in [0, 0.05) is 0 Å². The molecule has 132 valence electrons. The van der Waals surface area contributed by atoms with Crippen molar-refractivity contribution >= 4 is 10.5 Å². The van der Waals surface area contributed by atoms with Crippen LogP contribution in [0.15, 0.2) is 0 Å². The molecule has 0 atom stereocenters. The third-order valence-corrected chi connectivity index (χ3v) is 5.03. The minimum Gasteiger partial charge on any atom is -0.487 e. The average Bonchev–Trinajstić information content (AvgIpc) is 2.57. The van der Waals surface area contributed by atoms with Gasteiger partial charge in [0.2, 0.25) is 29.1 Å². The maximum absolute atomic E-state index is 13.4. The maximum Gasteiger partial charge on any atom is 0.206 e. The van der Waals surface area contributed by atoms with Crippen molar-refractivity contribution in [2.45, 2.75) is 51.6 Å². The summed E-state index contributed by atoms with van der Waals surface area (Å²) in [6.07, 6.45) is 3.55. The summed E-state index contributed by atoms with van der Waals surface area (Å²) in [5.74, 6) is -11.3. The van der Waals surface area contributed by atoms with Crippen molar-refractivity contribution in [3.8, 4) is 5.75 Å². The third kappa shape index (κ3) is 4.44. The molecular formula is C15H21F5O2Si. The van der Waals surface area contributed by atoms with E-state index in [-0.39, 0.29) is 12.2 Å². The molecular weight excluding hydrogens is 335 g/mol. The smallest absolute Gasteiger partial charge is 0.206 e. The molecule has 0 aliphatic carbocycles. The summed E-state index contributed by atoms with van der Waals surface area (Å²) >= 11 is 0. The Labute approximate surface area is 135 Å². The summed E-state index contributed by atoms with van der Waals surface area (Å²) < 4.78 is 76.1. The van der Waals surface area contributed by atoms with Gasteiger partial charge in [0.15, 0.2) is 5.75 Å². The maximum atomic E-state index is 13.4. The van der Waals surface area contributed by atoms with Gasteiger partial charge in [-0.2, -0.15) is 8.78 Å². The van der Waals surface area contributed by atoms with E-state index in [9.17, 15) is 22.0 Å². The zero-order chi connectivity index (χ0) is 17.6. The van der Waals surface area contributed by atoms with E-state index in [2.05, 4.69) is 0 Å². The van der Waals surface area contributed by atoms with Gasteiger partial charge in [0.1, 0.15) is 10.5 Å². The van der Waals surface area contributed by atoms with E-state index in [1.807, 2.05) is 13.8 Å². The number of hydrogen-bond donors (Lipinski definition) is 0. The fraction of sp³-hybridized carbons (Fsp3) is 0.600. The van der Waals surface area contributed by atoms with Crippen molar-refractivity contribution in [1.82, 2.24) is 0 Å². The number of ether oxygens (including phenoxy) is 1. The number of halogens is 5. The topological polar surface area (TPSA) is 18.5 Å². The monoisotopic (exact) mass is 356 g/mol. The average molecular weight is 356 g/mol. The van der Waals surface area contributed by atoms with Crippen LogP contribution in [0, 0.1) is 29.1 Å². The van der Waals surface area contributed by atoms with Gasteiger partial charge in [-0.25, -0.2) is 13.2 Å². The molecule has 1 aromatic carbocycles. The van der Waals surface area contributed by atoms with Gasteiger partial charge in [-0.3, -0.25) is 0 Å². The Balaban J connectivity index is 2.61. The molecule has 0 fully saturated rings. The Morgan fingerprint density at radius 1 is 0.826 bits per heavy atom. The van der Waals surface area contributed by atoms with Crippen LogP contribution in [0.3, 0.4) is 0 Å². The largest absolute Gasteiger partial charge is 0.487 e. The van der Waals surface area contributed by atoms with E-state index < -0.39 is 34.8 Å². The second-order valence-electron chi connectivity index (χ2n) is 5.30. The number of benzene rings is 1. The van der Waals surface area contributed by atoms with Crippen LogP contribution in [0.2, 0.25) is 0 Å². The summed E-state index contributed by atoms with van der Waals surface area (Å²) in [6.45, 7) is 3.91. The van der Waals surface area contributed by atoms with E-state index in [1.165, 1.54) is 0 Å². The number of rotatable bonds is 9. The molecule has 0 saturated heterocycles. The predicted octanol–water partition coefficient (Wildman–Crippen LogP) is 3.79. The van der Waals surface area contributed by atoms with E-state index in [1.54, 1.807) is 0 Å². The summed E-state index contributed by atoms with van der Waals surface area (Å²) in [5.41, 5.74) is -0.198. The van der Waals surface area contributed by atoms with Crippen LogP contribution in [0.5, 0.6) is 5.75 Å². The second kappa shape index (κ2) is 8.63. The fourth-order valence-corrected chi connectivity index (χ4v) is 3.21. The van der Waals surface area contributed by atoms with Crippen LogP contribution < -0.4 is 4.74 Å². The highest BCUT2D eigenvalue weighted by molar-refractivity contribution is 5.98. The quantitative estimate of drug-likeness (QED) is 0.220. The molecule has 0 bridgehead atoms. The van der Waals surface area contributed by atoms with E-state index in [0.717, 1.165) is 19.3 Å². The Morgan fingerprint density at radius 2 is 1.30 bits per heavy atom. The molecule has 1 rings (SSSR count). The molecule has 8 heteroatoms. The van der Waals surface area contributed by atoms with Gasteiger partial charge < -0.3 is 9.16 Å². The Kier molecular flexibility index (Phi) is 7.46. The molecule has 0 amide bonds. The standard InChI is InChI=1S/C15H21F5O2Si/c1-3-15(4-2,22-23)7-5-6-8-21-14-12(19)10(17)9(16)11(18)13(14)20/h3-8H2,1-2,23H3. The molecule has 23 heavy (non-hydrogen) atoms. The summed E-state index contributed by atoms with van der Waals surface area (Å²) in [4.78, 5) is 0. The molecule has 0 aromatic heterocycles. The van der Waals surface area contributed by atoms with Gasteiger partial charge in [-0.1, -0.05) is 13.8 Å². The molecule has 0 spiro atoms. The van der Waals surface area contributed by atoms with Crippen LogP contribution >= 0.6 is 0 Å². The first-order valence-electron chi connectivity index (χ1n) is 7.52. The third-order valence-electron chi connectivity index (χ3n) is 4.16. The molecule has 2 nitrogen and oxygen atoms in total. The molecule has 0 aliphatic heterocycles. The number of hydrogen-bond acceptors (Lipinski definition) is 2. The predicted molar refractivity (Wildman–Crippen MR) is 79.9 cm³/mol.